The van der Waals surface area contributed by atoms with Crippen molar-refractivity contribution in [2.45, 2.75) is 5.92 Å². The van der Waals surface area contributed by atoms with E-state index < -0.39 is 10.8 Å². The number of nitriles is 1. The van der Waals surface area contributed by atoms with Gasteiger partial charge in [0, 0.05) is 12.1 Å². The highest BCUT2D eigenvalue weighted by Gasteiger charge is 2.35. The average molecular weight is 361 g/mol. The van der Waals surface area contributed by atoms with Gasteiger partial charge in [-0.15, -0.1) is 0 Å². The summed E-state index contributed by atoms with van der Waals surface area (Å²) in [4.78, 5) is 23.4. The van der Waals surface area contributed by atoms with Gasteiger partial charge in [0.15, 0.2) is 0 Å². The quantitative estimate of drug-likeness (QED) is 0.548. The zero-order valence-electron chi connectivity index (χ0n) is 13.7. The molecule has 1 aliphatic rings. The molecule has 0 aliphatic carbocycles. The molecule has 8 nitrogen and oxygen atoms in total. The number of allylic oxidation sites excluding steroid dienone is 1. The number of para-hydroxylation sites is 1. The third-order valence-corrected chi connectivity index (χ3v) is 4.40. The Hall–Kier alpha value is -4.12. The van der Waals surface area contributed by atoms with Crippen molar-refractivity contribution in [3.63, 3.8) is 0 Å². The maximum Gasteiger partial charge on any atom is 0.300 e. The van der Waals surface area contributed by atoms with Crippen LogP contribution in [0.1, 0.15) is 17.0 Å². The minimum Gasteiger partial charge on any atom is -0.425 e. The molecule has 3 aromatic rings. The summed E-state index contributed by atoms with van der Waals surface area (Å²) in [6.07, 6.45) is 0. The van der Waals surface area contributed by atoms with Crippen LogP contribution in [0.5, 0.6) is 5.95 Å². The fraction of sp³-hybridized carbons (Fsp3) is 0.0526. The molecule has 2 aromatic carbocycles. The highest BCUT2D eigenvalue weighted by Crippen LogP contribution is 2.41. The van der Waals surface area contributed by atoms with Crippen LogP contribution in [0.2, 0.25) is 0 Å². The zero-order chi connectivity index (χ0) is 19.1. The van der Waals surface area contributed by atoms with Crippen molar-refractivity contribution in [3.05, 3.63) is 91.5 Å². The number of benzene rings is 2. The first-order valence-electron chi connectivity index (χ1n) is 7.89. The second-order valence-electron chi connectivity index (χ2n) is 5.90. The molecule has 0 fully saturated rings. The summed E-state index contributed by atoms with van der Waals surface area (Å²) in [5, 5.41) is 20.8. The lowest BCUT2D eigenvalue weighted by Crippen LogP contribution is -2.26. The van der Waals surface area contributed by atoms with Crippen LogP contribution in [-0.4, -0.2) is 4.92 Å². The van der Waals surface area contributed by atoms with Gasteiger partial charge >= 0.3 is 0 Å². The molecule has 8 heteroatoms. The first-order chi connectivity index (χ1) is 13.0. The van der Waals surface area contributed by atoms with Gasteiger partial charge in [0.25, 0.3) is 11.6 Å². The predicted octanol–water partition coefficient (Wildman–Crippen LogP) is 2.92. The van der Waals surface area contributed by atoms with Gasteiger partial charge < -0.3 is 14.9 Å². The van der Waals surface area contributed by atoms with Gasteiger partial charge in [-0.25, -0.2) is 0 Å². The molecule has 0 saturated carbocycles. The van der Waals surface area contributed by atoms with Crippen molar-refractivity contribution in [2.75, 3.05) is 0 Å². The van der Waals surface area contributed by atoms with E-state index in [-0.39, 0.29) is 34.1 Å². The summed E-state index contributed by atoms with van der Waals surface area (Å²) < 4.78 is 11.1. The van der Waals surface area contributed by atoms with Crippen LogP contribution in [0.3, 0.4) is 0 Å². The Morgan fingerprint density at radius 1 is 1.15 bits per heavy atom. The van der Waals surface area contributed by atoms with Crippen LogP contribution in [0.25, 0.3) is 11.0 Å². The summed E-state index contributed by atoms with van der Waals surface area (Å²) in [6, 6.07) is 14.2. The molecule has 1 aliphatic heterocycles. The average Bonchev–Trinajstić information content (AvgIpc) is 2.67. The Morgan fingerprint density at radius 2 is 1.85 bits per heavy atom. The minimum atomic E-state index is -0.847. The molecule has 2 N–H and O–H groups in total. The Bertz CT molecular complexity index is 1220. The molecule has 0 saturated heterocycles. The number of non-ortho nitro benzene ring substituents is 1. The van der Waals surface area contributed by atoms with Gasteiger partial charge in [0.1, 0.15) is 17.2 Å². The Labute approximate surface area is 151 Å². The summed E-state index contributed by atoms with van der Waals surface area (Å²) in [7, 11) is 0. The molecular weight excluding hydrogens is 350 g/mol. The molecule has 1 atom stereocenters. The van der Waals surface area contributed by atoms with Gasteiger partial charge in [-0.3, -0.25) is 14.9 Å². The van der Waals surface area contributed by atoms with Crippen LogP contribution in [0.4, 0.5) is 5.69 Å². The normalized spacial score (nSPS) is 15.7. The molecule has 2 heterocycles. The number of nitrogens with zero attached hydrogens (tertiary/aromatic N) is 2. The summed E-state index contributed by atoms with van der Waals surface area (Å²) >= 11 is 0. The van der Waals surface area contributed by atoms with Gasteiger partial charge in [-0.2, -0.15) is 5.26 Å². The van der Waals surface area contributed by atoms with Crippen LogP contribution in [-0.2, 0) is 0 Å². The second-order valence-corrected chi connectivity index (χ2v) is 5.90. The fourth-order valence-corrected chi connectivity index (χ4v) is 3.14. The molecule has 0 bridgehead atoms. The molecule has 0 spiro atoms. The SMILES string of the molecule is N#CC1=C(N)Oc2oc3ccccc3c(=O)c2[C@H]1c1ccc([N+](=O)[O-])cc1. The van der Waals surface area contributed by atoms with E-state index in [1.54, 1.807) is 24.3 Å². The van der Waals surface area contributed by atoms with Crippen molar-refractivity contribution in [1.82, 2.24) is 0 Å². The predicted molar refractivity (Wildman–Crippen MR) is 94.9 cm³/mol. The number of nitrogens with two attached hydrogens (primary N) is 1. The van der Waals surface area contributed by atoms with Crippen LogP contribution < -0.4 is 15.9 Å². The standard InChI is InChI=1S/C19H11N3O5/c20-9-13-15(10-5-7-11(8-6-10)22(24)25)16-17(23)12-3-1-2-4-14(12)26-19(16)27-18(13)21/h1-8,15H,21H2/t15-/m0/s1. The van der Waals surface area contributed by atoms with Gasteiger partial charge in [0.05, 0.1) is 21.8 Å². The monoisotopic (exact) mass is 361 g/mol. The molecule has 0 radical (unpaired) electrons. The summed E-state index contributed by atoms with van der Waals surface area (Å²) in [6.45, 7) is 0. The van der Waals surface area contributed by atoms with E-state index in [0.717, 1.165) is 0 Å². The first kappa shape index (κ1) is 16.4. The zero-order valence-corrected chi connectivity index (χ0v) is 13.7. The number of fused-ring (bicyclic) bond motifs is 2. The van der Waals surface area contributed by atoms with Crippen molar-refractivity contribution < 1.29 is 14.1 Å². The van der Waals surface area contributed by atoms with Crippen molar-refractivity contribution >= 4 is 16.7 Å². The van der Waals surface area contributed by atoms with Crippen LogP contribution >= 0.6 is 0 Å². The Morgan fingerprint density at radius 3 is 2.52 bits per heavy atom. The van der Waals surface area contributed by atoms with Crippen molar-refractivity contribution in [3.8, 4) is 12.0 Å². The van der Waals surface area contributed by atoms with Crippen LogP contribution in [0.15, 0.2) is 69.2 Å². The lowest BCUT2D eigenvalue weighted by Gasteiger charge is -2.24. The molecule has 132 valence electrons. The first-order valence-corrected chi connectivity index (χ1v) is 7.89. The largest absolute Gasteiger partial charge is 0.425 e. The fourth-order valence-electron chi connectivity index (χ4n) is 3.14. The lowest BCUT2D eigenvalue weighted by atomic mass is 9.84. The molecular formula is C19H11N3O5. The third kappa shape index (κ3) is 2.49. The molecule has 4 rings (SSSR count). The molecule has 0 unspecified atom stereocenters. The molecule has 0 amide bonds. The van der Waals surface area contributed by atoms with E-state index in [1.807, 2.05) is 6.07 Å². The van der Waals surface area contributed by atoms with E-state index in [1.165, 1.54) is 24.3 Å². The van der Waals surface area contributed by atoms with Crippen molar-refractivity contribution in [1.29, 1.82) is 5.26 Å². The number of nitro groups is 1. The van der Waals surface area contributed by atoms with Gasteiger partial charge in [0.2, 0.25) is 11.3 Å². The lowest BCUT2D eigenvalue weighted by molar-refractivity contribution is -0.384. The van der Waals surface area contributed by atoms with E-state index >= 15 is 0 Å². The molecule has 1 aromatic heterocycles. The highest BCUT2D eigenvalue weighted by molar-refractivity contribution is 5.78. The Balaban J connectivity index is 2.00. The maximum absolute atomic E-state index is 13.1. The third-order valence-electron chi connectivity index (χ3n) is 4.40. The topological polar surface area (TPSA) is 132 Å². The Kier molecular flexibility index (Phi) is 3.63. The number of hydrogen-bond acceptors (Lipinski definition) is 7. The number of hydrogen-bond donors (Lipinski definition) is 1. The number of nitro benzene ring substituents is 1. The molecule has 27 heavy (non-hydrogen) atoms. The second kappa shape index (κ2) is 6.00. The van der Waals surface area contributed by atoms with E-state index in [0.29, 0.717) is 16.5 Å². The number of ether oxygens (including phenoxy) is 1. The van der Waals surface area contributed by atoms with Gasteiger partial charge in [-0.1, -0.05) is 24.3 Å². The maximum atomic E-state index is 13.1. The minimum absolute atomic E-state index is 0.0407. The van der Waals surface area contributed by atoms with Crippen LogP contribution in [0, 0.1) is 21.4 Å². The van der Waals surface area contributed by atoms with E-state index in [2.05, 4.69) is 0 Å². The summed E-state index contributed by atoms with van der Waals surface area (Å²) in [5.74, 6) is -1.11. The van der Waals surface area contributed by atoms with E-state index in [9.17, 15) is 20.2 Å². The van der Waals surface area contributed by atoms with E-state index in [4.69, 9.17) is 14.9 Å². The van der Waals surface area contributed by atoms with Crippen molar-refractivity contribution in [2.24, 2.45) is 5.73 Å². The highest BCUT2D eigenvalue weighted by atomic mass is 16.6. The summed E-state index contributed by atoms with van der Waals surface area (Å²) in [5.41, 5.74) is 6.41. The number of rotatable bonds is 2. The van der Waals surface area contributed by atoms with Gasteiger partial charge in [-0.05, 0) is 17.7 Å². The smallest absolute Gasteiger partial charge is 0.300 e.